The lowest BCUT2D eigenvalue weighted by Crippen LogP contribution is -2.42. The lowest BCUT2D eigenvalue weighted by molar-refractivity contribution is -0.0136. The Morgan fingerprint density at radius 3 is 2.59 bits per heavy atom. The first-order valence-corrected chi connectivity index (χ1v) is 13.5. The SMILES string of the molecule is CC(C)c1c(C2(O)C[C@H]3COC[C@@H]3C2)cnc2ccc(-c3nc(N[C@@H]4CCOC[C@H]4O)ncc3Cl)cc12. The van der Waals surface area contributed by atoms with Gasteiger partial charge < -0.3 is 25.0 Å². The Morgan fingerprint density at radius 1 is 1.08 bits per heavy atom. The summed E-state index contributed by atoms with van der Waals surface area (Å²) in [5.41, 5.74) is 3.46. The largest absolute Gasteiger partial charge is 0.389 e. The number of hydrogen-bond acceptors (Lipinski definition) is 8. The number of rotatable bonds is 5. The number of benzene rings is 1. The molecule has 8 nitrogen and oxygen atoms in total. The van der Waals surface area contributed by atoms with Crippen molar-refractivity contribution in [2.45, 2.75) is 56.8 Å². The van der Waals surface area contributed by atoms with Crippen molar-refractivity contribution in [3.05, 3.63) is 46.7 Å². The monoisotopic (exact) mass is 524 g/mol. The van der Waals surface area contributed by atoms with Crippen molar-refractivity contribution >= 4 is 28.5 Å². The van der Waals surface area contributed by atoms with Crippen molar-refractivity contribution in [1.82, 2.24) is 15.0 Å². The molecule has 0 amide bonds. The second-order valence-electron chi connectivity index (χ2n) is 11.0. The summed E-state index contributed by atoms with van der Waals surface area (Å²) in [4.78, 5) is 13.8. The maximum Gasteiger partial charge on any atom is 0.223 e. The van der Waals surface area contributed by atoms with Gasteiger partial charge in [0.1, 0.15) is 0 Å². The maximum absolute atomic E-state index is 11.8. The van der Waals surface area contributed by atoms with Crippen molar-refractivity contribution in [3.8, 4) is 11.3 Å². The lowest BCUT2D eigenvalue weighted by Gasteiger charge is -2.29. The fourth-order valence-electron chi connectivity index (χ4n) is 6.31. The van der Waals surface area contributed by atoms with E-state index in [2.05, 4.69) is 30.2 Å². The van der Waals surface area contributed by atoms with Crippen LogP contribution in [-0.4, -0.2) is 63.7 Å². The molecule has 3 aliphatic rings. The van der Waals surface area contributed by atoms with Crippen molar-refractivity contribution in [1.29, 1.82) is 0 Å². The van der Waals surface area contributed by atoms with Crippen LogP contribution in [-0.2, 0) is 15.1 Å². The van der Waals surface area contributed by atoms with Crippen LogP contribution >= 0.6 is 11.6 Å². The van der Waals surface area contributed by atoms with Gasteiger partial charge in [-0.15, -0.1) is 0 Å². The molecular formula is C28H33ClN4O4. The van der Waals surface area contributed by atoms with Gasteiger partial charge in [-0.05, 0) is 54.7 Å². The molecule has 2 saturated heterocycles. The maximum atomic E-state index is 11.8. The molecule has 3 fully saturated rings. The van der Waals surface area contributed by atoms with Crippen LogP contribution in [0.5, 0.6) is 0 Å². The minimum Gasteiger partial charge on any atom is -0.389 e. The first-order valence-electron chi connectivity index (χ1n) is 13.1. The fourth-order valence-corrected chi connectivity index (χ4v) is 6.51. The molecule has 0 spiro atoms. The van der Waals surface area contributed by atoms with Crippen LogP contribution in [0.25, 0.3) is 22.2 Å². The van der Waals surface area contributed by atoms with E-state index in [4.69, 9.17) is 31.0 Å². The predicted octanol–water partition coefficient (Wildman–Crippen LogP) is 4.27. The van der Waals surface area contributed by atoms with Crippen LogP contribution in [0.15, 0.2) is 30.6 Å². The van der Waals surface area contributed by atoms with Crippen LogP contribution in [0.4, 0.5) is 5.95 Å². The third kappa shape index (κ3) is 4.59. The summed E-state index contributed by atoms with van der Waals surface area (Å²) in [6, 6.07) is 5.84. The van der Waals surface area contributed by atoms with Gasteiger partial charge in [-0.25, -0.2) is 9.97 Å². The van der Waals surface area contributed by atoms with Crippen molar-refractivity contribution < 1.29 is 19.7 Å². The van der Waals surface area contributed by atoms with Gasteiger partial charge in [0.2, 0.25) is 5.95 Å². The molecular weight excluding hydrogens is 492 g/mol. The molecule has 4 atom stereocenters. The highest BCUT2D eigenvalue weighted by molar-refractivity contribution is 6.33. The first kappa shape index (κ1) is 24.9. The molecule has 0 unspecified atom stereocenters. The Balaban J connectivity index is 1.40. The lowest BCUT2D eigenvalue weighted by atomic mass is 9.82. The van der Waals surface area contributed by atoms with Gasteiger partial charge in [-0.2, -0.15) is 0 Å². The number of aliphatic hydroxyl groups excluding tert-OH is 1. The number of fused-ring (bicyclic) bond motifs is 2. The molecule has 2 aromatic heterocycles. The van der Waals surface area contributed by atoms with Crippen LogP contribution in [0.3, 0.4) is 0 Å². The van der Waals surface area contributed by atoms with Crippen molar-refractivity contribution in [2.75, 3.05) is 31.7 Å². The molecule has 0 bridgehead atoms. The molecule has 4 heterocycles. The molecule has 6 rings (SSSR count). The molecule has 3 N–H and O–H groups in total. The van der Waals surface area contributed by atoms with E-state index in [1.807, 2.05) is 18.3 Å². The van der Waals surface area contributed by atoms with Crippen LogP contribution in [0.1, 0.15) is 50.2 Å². The van der Waals surface area contributed by atoms with Gasteiger partial charge in [0.25, 0.3) is 0 Å². The average Bonchev–Trinajstić information content (AvgIpc) is 3.44. The summed E-state index contributed by atoms with van der Waals surface area (Å²) in [5, 5.41) is 26.8. The molecule has 9 heteroatoms. The summed E-state index contributed by atoms with van der Waals surface area (Å²) in [7, 11) is 0. The smallest absolute Gasteiger partial charge is 0.223 e. The number of pyridine rings is 1. The number of ether oxygens (including phenoxy) is 2. The molecule has 0 radical (unpaired) electrons. The number of aromatic nitrogens is 3. The zero-order chi connectivity index (χ0) is 25.7. The molecule has 1 saturated carbocycles. The second-order valence-corrected chi connectivity index (χ2v) is 11.4. The van der Waals surface area contributed by atoms with Crippen LogP contribution in [0.2, 0.25) is 5.02 Å². The van der Waals surface area contributed by atoms with Crippen molar-refractivity contribution in [2.24, 2.45) is 11.8 Å². The summed E-state index contributed by atoms with van der Waals surface area (Å²) in [6.45, 7) is 6.63. The normalized spacial score (nSPS) is 27.1. The third-order valence-electron chi connectivity index (χ3n) is 8.18. The zero-order valence-electron chi connectivity index (χ0n) is 21.2. The minimum absolute atomic E-state index is 0.185. The van der Waals surface area contributed by atoms with E-state index in [0.29, 0.717) is 54.4 Å². The Bertz CT molecular complexity index is 1310. The molecule has 196 valence electrons. The number of aliphatic hydroxyl groups is 2. The third-order valence-corrected chi connectivity index (χ3v) is 8.45. The zero-order valence-corrected chi connectivity index (χ0v) is 21.9. The highest BCUT2D eigenvalue weighted by Crippen LogP contribution is 2.50. The molecule has 3 aromatic rings. The Morgan fingerprint density at radius 2 is 1.86 bits per heavy atom. The van der Waals surface area contributed by atoms with Gasteiger partial charge in [0.15, 0.2) is 0 Å². The van der Waals surface area contributed by atoms with E-state index in [1.165, 1.54) is 0 Å². The molecule has 37 heavy (non-hydrogen) atoms. The topological polar surface area (TPSA) is 110 Å². The van der Waals surface area contributed by atoms with E-state index >= 15 is 0 Å². The summed E-state index contributed by atoms with van der Waals surface area (Å²) >= 11 is 6.58. The quantitative estimate of drug-likeness (QED) is 0.454. The van der Waals surface area contributed by atoms with Gasteiger partial charge in [-0.1, -0.05) is 31.5 Å². The van der Waals surface area contributed by atoms with Gasteiger partial charge in [0.05, 0.1) is 46.8 Å². The van der Waals surface area contributed by atoms with Gasteiger partial charge in [0, 0.05) is 42.5 Å². The predicted molar refractivity (Wildman–Crippen MR) is 142 cm³/mol. The van der Waals surface area contributed by atoms with Crippen molar-refractivity contribution in [3.63, 3.8) is 0 Å². The second kappa shape index (κ2) is 9.75. The first-order chi connectivity index (χ1) is 17.8. The highest BCUT2D eigenvalue weighted by atomic mass is 35.5. The highest BCUT2D eigenvalue weighted by Gasteiger charge is 2.48. The summed E-state index contributed by atoms with van der Waals surface area (Å²) in [5.74, 6) is 1.39. The Kier molecular flexibility index (Phi) is 6.57. The van der Waals surface area contributed by atoms with Crippen LogP contribution in [0, 0.1) is 11.8 Å². The number of hydrogen-bond donors (Lipinski definition) is 3. The Hall–Kier alpha value is -2.36. The van der Waals surface area contributed by atoms with Gasteiger partial charge in [-0.3, -0.25) is 4.98 Å². The number of anilines is 1. The minimum atomic E-state index is -0.899. The average molecular weight is 525 g/mol. The molecule has 1 aromatic carbocycles. The van der Waals surface area contributed by atoms with E-state index in [0.717, 1.165) is 40.8 Å². The van der Waals surface area contributed by atoms with Gasteiger partial charge >= 0.3 is 0 Å². The van der Waals surface area contributed by atoms with E-state index in [1.54, 1.807) is 6.20 Å². The van der Waals surface area contributed by atoms with Crippen LogP contribution < -0.4 is 5.32 Å². The molecule has 1 aliphatic carbocycles. The Labute approximate surface area is 221 Å². The summed E-state index contributed by atoms with van der Waals surface area (Å²) in [6.07, 6.45) is 4.91. The standard InChI is InChI=1S/C28H33ClN4O4/c1-15(2)25-19-7-16(26-21(29)11-31-27(33-26)32-23-5-6-36-14-24(23)34)3-4-22(19)30-10-20(25)28(35)8-17-12-37-13-18(17)9-28/h3-4,7,10-11,15,17-18,23-24,34-35H,5-6,8-9,12-14H2,1-2H3,(H,31,32,33)/t17-,18-,23+,24+/m0/s1. The number of nitrogens with one attached hydrogen (secondary N) is 1. The van der Waals surface area contributed by atoms with E-state index in [9.17, 15) is 10.2 Å². The number of nitrogens with zero attached hydrogens (tertiary/aromatic N) is 3. The summed E-state index contributed by atoms with van der Waals surface area (Å²) < 4.78 is 11.0. The van der Waals surface area contributed by atoms with E-state index < -0.39 is 11.7 Å². The fraction of sp³-hybridized carbons (Fsp3) is 0.536. The van der Waals surface area contributed by atoms with E-state index in [-0.39, 0.29) is 18.6 Å². The molecule has 2 aliphatic heterocycles. The number of halogens is 1.